The molecule has 104 valence electrons. The molecule has 1 aliphatic carbocycles. The van der Waals surface area contributed by atoms with Gasteiger partial charge >= 0.3 is 0 Å². The second kappa shape index (κ2) is 5.14. The fourth-order valence-corrected chi connectivity index (χ4v) is 3.47. The first-order valence-electron chi connectivity index (χ1n) is 7.36. The summed E-state index contributed by atoms with van der Waals surface area (Å²) in [6.07, 6.45) is 5.43. The quantitative estimate of drug-likeness (QED) is 0.860. The van der Waals surface area contributed by atoms with Crippen molar-refractivity contribution in [1.82, 2.24) is 0 Å². The van der Waals surface area contributed by atoms with Crippen molar-refractivity contribution in [3.05, 3.63) is 29.8 Å². The number of para-hydroxylation sites is 1. The van der Waals surface area contributed by atoms with Gasteiger partial charge < -0.3 is 15.6 Å². The third-order valence-corrected chi connectivity index (χ3v) is 4.67. The van der Waals surface area contributed by atoms with E-state index in [1.165, 1.54) is 5.56 Å². The van der Waals surface area contributed by atoms with E-state index in [0.717, 1.165) is 50.9 Å². The number of aliphatic hydroxyl groups is 1. The Morgan fingerprint density at radius 1 is 1.21 bits per heavy atom. The summed E-state index contributed by atoms with van der Waals surface area (Å²) in [7, 11) is 0. The van der Waals surface area contributed by atoms with Crippen LogP contribution in [0.15, 0.2) is 24.3 Å². The van der Waals surface area contributed by atoms with Crippen LogP contribution in [0.3, 0.4) is 0 Å². The van der Waals surface area contributed by atoms with Gasteiger partial charge in [0, 0.05) is 6.04 Å². The summed E-state index contributed by atoms with van der Waals surface area (Å²) >= 11 is 0. The average Bonchev–Trinajstić information content (AvgIpc) is 2.43. The number of hydrogen-bond acceptors (Lipinski definition) is 3. The molecule has 0 radical (unpaired) electrons. The van der Waals surface area contributed by atoms with Gasteiger partial charge in [-0.05, 0) is 56.1 Å². The molecule has 1 unspecified atom stereocenters. The zero-order chi connectivity index (χ0) is 13.3. The van der Waals surface area contributed by atoms with Gasteiger partial charge in [-0.15, -0.1) is 0 Å². The summed E-state index contributed by atoms with van der Waals surface area (Å²) in [4.78, 5) is 0. The van der Waals surface area contributed by atoms with E-state index in [2.05, 4.69) is 12.1 Å². The maximum atomic E-state index is 10.8. The average molecular weight is 261 g/mol. The lowest BCUT2D eigenvalue weighted by molar-refractivity contribution is -0.0165. The zero-order valence-electron chi connectivity index (χ0n) is 11.3. The van der Waals surface area contributed by atoms with Gasteiger partial charge in [0.15, 0.2) is 0 Å². The van der Waals surface area contributed by atoms with E-state index in [1.54, 1.807) is 0 Å². The third-order valence-electron chi connectivity index (χ3n) is 4.67. The minimum atomic E-state index is -0.523. The lowest BCUT2D eigenvalue weighted by Crippen LogP contribution is -2.40. The highest BCUT2D eigenvalue weighted by Gasteiger charge is 2.36. The molecular formula is C16H23NO2. The molecule has 0 bridgehead atoms. The number of hydrogen-bond donors (Lipinski definition) is 2. The van der Waals surface area contributed by atoms with Gasteiger partial charge in [0.25, 0.3) is 0 Å². The highest BCUT2D eigenvalue weighted by Crippen LogP contribution is 2.42. The number of fused-ring (bicyclic) bond motifs is 1. The van der Waals surface area contributed by atoms with Gasteiger partial charge in [-0.2, -0.15) is 0 Å². The number of benzene rings is 1. The van der Waals surface area contributed by atoms with Crippen LogP contribution in [0.25, 0.3) is 0 Å². The van der Waals surface area contributed by atoms with Crippen LogP contribution >= 0.6 is 0 Å². The molecule has 2 aliphatic rings. The largest absolute Gasteiger partial charge is 0.493 e. The van der Waals surface area contributed by atoms with E-state index >= 15 is 0 Å². The lowest BCUT2D eigenvalue weighted by Gasteiger charge is -2.38. The van der Waals surface area contributed by atoms with Crippen molar-refractivity contribution in [2.45, 2.75) is 56.1 Å². The molecule has 0 spiro atoms. The molecule has 0 amide bonds. The molecule has 1 aliphatic heterocycles. The SMILES string of the molecule is NC1CCC(O)(CC2CCOc3ccccc32)CC1. The third kappa shape index (κ3) is 2.77. The fourth-order valence-electron chi connectivity index (χ4n) is 3.47. The molecule has 19 heavy (non-hydrogen) atoms. The van der Waals surface area contributed by atoms with E-state index in [9.17, 15) is 5.11 Å². The maximum absolute atomic E-state index is 10.8. The van der Waals surface area contributed by atoms with E-state index in [0.29, 0.717) is 5.92 Å². The predicted molar refractivity (Wildman–Crippen MR) is 75.3 cm³/mol. The van der Waals surface area contributed by atoms with E-state index in [1.807, 2.05) is 12.1 Å². The van der Waals surface area contributed by atoms with Crippen LogP contribution in [-0.4, -0.2) is 23.4 Å². The molecule has 0 aromatic heterocycles. The van der Waals surface area contributed by atoms with Gasteiger partial charge in [-0.3, -0.25) is 0 Å². The first kappa shape index (κ1) is 12.9. The van der Waals surface area contributed by atoms with Crippen molar-refractivity contribution >= 4 is 0 Å². The maximum Gasteiger partial charge on any atom is 0.122 e. The Balaban J connectivity index is 1.74. The van der Waals surface area contributed by atoms with Crippen molar-refractivity contribution in [1.29, 1.82) is 0 Å². The van der Waals surface area contributed by atoms with Crippen LogP contribution in [-0.2, 0) is 0 Å². The Kier molecular flexibility index (Phi) is 3.50. The Hall–Kier alpha value is -1.06. The molecule has 3 heteroatoms. The van der Waals surface area contributed by atoms with Gasteiger partial charge in [-0.1, -0.05) is 18.2 Å². The standard InChI is InChI=1S/C16H23NO2/c17-13-5-8-16(18,9-6-13)11-12-7-10-19-15-4-2-1-3-14(12)15/h1-4,12-13,18H,5-11,17H2. The van der Waals surface area contributed by atoms with Crippen LogP contribution in [0, 0.1) is 0 Å². The molecule has 1 fully saturated rings. The molecular weight excluding hydrogens is 238 g/mol. The summed E-state index contributed by atoms with van der Waals surface area (Å²) in [5.74, 6) is 1.42. The first-order chi connectivity index (χ1) is 9.16. The van der Waals surface area contributed by atoms with Crippen LogP contribution in [0.1, 0.15) is 50.0 Å². The molecule has 1 aromatic carbocycles. The van der Waals surface area contributed by atoms with Gasteiger partial charge in [0.1, 0.15) is 5.75 Å². The van der Waals surface area contributed by atoms with Crippen LogP contribution in [0.2, 0.25) is 0 Å². The minimum Gasteiger partial charge on any atom is -0.493 e. The summed E-state index contributed by atoms with van der Waals surface area (Å²) in [6.45, 7) is 0.761. The Morgan fingerprint density at radius 2 is 1.95 bits per heavy atom. The molecule has 1 heterocycles. The Bertz CT molecular complexity index is 438. The van der Waals surface area contributed by atoms with Gasteiger partial charge in [0.05, 0.1) is 12.2 Å². The highest BCUT2D eigenvalue weighted by atomic mass is 16.5. The zero-order valence-corrected chi connectivity index (χ0v) is 11.3. The normalized spacial score (nSPS) is 34.4. The second-order valence-corrected chi connectivity index (χ2v) is 6.14. The van der Waals surface area contributed by atoms with Crippen molar-refractivity contribution in [2.24, 2.45) is 5.73 Å². The first-order valence-corrected chi connectivity index (χ1v) is 7.36. The van der Waals surface area contributed by atoms with Crippen LogP contribution < -0.4 is 10.5 Å². The number of ether oxygens (including phenoxy) is 1. The summed E-state index contributed by atoms with van der Waals surface area (Å²) in [5.41, 5.74) is 6.67. The van der Waals surface area contributed by atoms with Crippen molar-refractivity contribution in [3.63, 3.8) is 0 Å². The molecule has 1 atom stereocenters. The topological polar surface area (TPSA) is 55.5 Å². The molecule has 1 saturated carbocycles. The Labute approximate surface area is 114 Å². The van der Waals surface area contributed by atoms with Gasteiger partial charge in [0.2, 0.25) is 0 Å². The molecule has 3 N–H and O–H groups in total. The predicted octanol–water partition coefficient (Wildman–Crippen LogP) is 2.58. The van der Waals surface area contributed by atoms with Crippen molar-refractivity contribution in [3.8, 4) is 5.75 Å². The van der Waals surface area contributed by atoms with E-state index < -0.39 is 5.60 Å². The summed E-state index contributed by atoms with van der Waals surface area (Å²) in [6, 6.07) is 8.51. The molecule has 0 saturated heterocycles. The number of rotatable bonds is 2. The molecule has 3 rings (SSSR count). The molecule has 1 aromatic rings. The van der Waals surface area contributed by atoms with E-state index in [-0.39, 0.29) is 6.04 Å². The van der Waals surface area contributed by atoms with Gasteiger partial charge in [-0.25, -0.2) is 0 Å². The van der Waals surface area contributed by atoms with E-state index in [4.69, 9.17) is 10.5 Å². The fraction of sp³-hybridized carbons (Fsp3) is 0.625. The smallest absolute Gasteiger partial charge is 0.122 e. The van der Waals surface area contributed by atoms with Crippen molar-refractivity contribution in [2.75, 3.05) is 6.61 Å². The number of nitrogens with two attached hydrogens (primary N) is 1. The van der Waals surface area contributed by atoms with Crippen LogP contribution in [0.5, 0.6) is 5.75 Å². The lowest BCUT2D eigenvalue weighted by atomic mass is 9.74. The Morgan fingerprint density at radius 3 is 2.74 bits per heavy atom. The second-order valence-electron chi connectivity index (χ2n) is 6.14. The van der Waals surface area contributed by atoms with Crippen molar-refractivity contribution < 1.29 is 9.84 Å². The highest BCUT2D eigenvalue weighted by molar-refractivity contribution is 5.38. The monoisotopic (exact) mass is 261 g/mol. The summed E-state index contributed by atoms with van der Waals surface area (Å²) < 4.78 is 5.69. The molecule has 3 nitrogen and oxygen atoms in total. The summed E-state index contributed by atoms with van der Waals surface area (Å²) in [5, 5.41) is 10.8. The minimum absolute atomic E-state index is 0.280. The van der Waals surface area contributed by atoms with Crippen LogP contribution in [0.4, 0.5) is 0 Å².